The Morgan fingerprint density at radius 2 is 1.81 bits per heavy atom. The lowest BCUT2D eigenvalue weighted by atomic mass is 9.84. The number of hydrogen-bond donors (Lipinski definition) is 2. The van der Waals surface area contributed by atoms with Gasteiger partial charge in [-0.15, -0.1) is 12.4 Å². The van der Waals surface area contributed by atoms with Crippen molar-refractivity contribution in [3.8, 4) is 0 Å². The van der Waals surface area contributed by atoms with Gasteiger partial charge in [0.2, 0.25) is 11.8 Å². The van der Waals surface area contributed by atoms with Gasteiger partial charge in [0.15, 0.2) is 0 Å². The maximum Gasteiger partial charge on any atom is 0.227 e. The van der Waals surface area contributed by atoms with E-state index in [4.69, 9.17) is 5.73 Å². The van der Waals surface area contributed by atoms with Crippen LogP contribution in [-0.2, 0) is 16.0 Å². The van der Waals surface area contributed by atoms with Crippen LogP contribution in [0.4, 0.5) is 0 Å². The van der Waals surface area contributed by atoms with Crippen LogP contribution in [0.15, 0.2) is 30.3 Å². The molecule has 3 atom stereocenters. The molecular formula is C21H32ClN3O2. The third-order valence-electron chi connectivity index (χ3n) is 5.88. The SMILES string of the molecule is Cl.NCC1CCCCC1NC(=O)C1CCCN(C(=O)Cc2ccccc2)C1. The van der Waals surface area contributed by atoms with Crippen molar-refractivity contribution in [1.82, 2.24) is 10.2 Å². The number of rotatable bonds is 5. The first-order valence-corrected chi connectivity index (χ1v) is 9.99. The Morgan fingerprint density at radius 1 is 1.07 bits per heavy atom. The van der Waals surface area contributed by atoms with E-state index in [2.05, 4.69) is 5.32 Å². The van der Waals surface area contributed by atoms with Crippen LogP contribution in [0.25, 0.3) is 0 Å². The molecule has 0 radical (unpaired) electrons. The zero-order valence-corrected chi connectivity index (χ0v) is 16.8. The highest BCUT2D eigenvalue weighted by Crippen LogP contribution is 2.25. The smallest absolute Gasteiger partial charge is 0.227 e. The molecule has 6 heteroatoms. The summed E-state index contributed by atoms with van der Waals surface area (Å²) in [7, 11) is 0. The lowest BCUT2D eigenvalue weighted by molar-refractivity contribution is -0.135. The van der Waals surface area contributed by atoms with E-state index in [9.17, 15) is 9.59 Å². The minimum atomic E-state index is -0.0937. The van der Waals surface area contributed by atoms with Crippen LogP contribution in [0.2, 0.25) is 0 Å². The summed E-state index contributed by atoms with van der Waals surface area (Å²) in [5.41, 5.74) is 6.90. The van der Waals surface area contributed by atoms with Crippen molar-refractivity contribution in [2.75, 3.05) is 19.6 Å². The van der Waals surface area contributed by atoms with Crippen molar-refractivity contribution in [3.63, 3.8) is 0 Å². The number of nitrogens with zero attached hydrogens (tertiary/aromatic N) is 1. The number of nitrogens with two attached hydrogens (primary N) is 1. The first-order valence-electron chi connectivity index (χ1n) is 9.99. The molecule has 2 aliphatic rings. The minimum Gasteiger partial charge on any atom is -0.353 e. The number of carbonyl (C=O) groups excluding carboxylic acids is 2. The number of likely N-dealkylation sites (tertiary alicyclic amines) is 1. The summed E-state index contributed by atoms with van der Waals surface area (Å²) in [5, 5.41) is 3.24. The topological polar surface area (TPSA) is 75.4 Å². The summed E-state index contributed by atoms with van der Waals surface area (Å²) in [6.45, 7) is 1.93. The van der Waals surface area contributed by atoms with Crippen LogP contribution in [0.1, 0.15) is 44.1 Å². The quantitative estimate of drug-likeness (QED) is 0.807. The molecule has 1 heterocycles. The normalized spacial score (nSPS) is 25.4. The van der Waals surface area contributed by atoms with Crippen LogP contribution >= 0.6 is 12.4 Å². The van der Waals surface area contributed by atoms with Gasteiger partial charge < -0.3 is 16.0 Å². The Morgan fingerprint density at radius 3 is 2.56 bits per heavy atom. The Labute approximate surface area is 168 Å². The first-order chi connectivity index (χ1) is 12.7. The molecule has 27 heavy (non-hydrogen) atoms. The van der Waals surface area contributed by atoms with Crippen molar-refractivity contribution in [2.45, 2.75) is 51.0 Å². The molecule has 3 unspecified atom stereocenters. The van der Waals surface area contributed by atoms with Gasteiger partial charge in [-0.1, -0.05) is 43.2 Å². The van der Waals surface area contributed by atoms with Gasteiger partial charge in [-0.3, -0.25) is 9.59 Å². The van der Waals surface area contributed by atoms with Crippen molar-refractivity contribution < 1.29 is 9.59 Å². The minimum absolute atomic E-state index is 0. The highest BCUT2D eigenvalue weighted by atomic mass is 35.5. The third kappa shape index (κ3) is 5.94. The Kier molecular flexibility index (Phi) is 8.58. The molecule has 0 bridgehead atoms. The first kappa shape index (κ1) is 21.7. The maximum atomic E-state index is 12.8. The standard InChI is InChI=1S/C21H31N3O2.ClH/c22-14-17-9-4-5-11-19(17)23-21(26)18-10-6-12-24(15-18)20(25)13-16-7-2-1-3-8-16;/h1-3,7-8,17-19H,4-6,9-15,22H2,(H,23,26);1H. The van der Waals surface area contributed by atoms with Crippen LogP contribution in [0, 0.1) is 11.8 Å². The number of piperidine rings is 1. The molecule has 2 fully saturated rings. The lowest BCUT2D eigenvalue weighted by Crippen LogP contribution is -2.50. The van der Waals surface area contributed by atoms with Crippen LogP contribution < -0.4 is 11.1 Å². The second kappa shape index (κ2) is 10.7. The summed E-state index contributed by atoms with van der Waals surface area (Å²) >= 11 is 0. The summed E-state index contributed by atoms with van der Waals surface area (Å²) in [6, 6.07) is 10.0. The van der Waals surface area contributed by atoms with E-state index in [1.54, 1.807) is 0 Å². The van der Waals surface area contributed by atoms with E-state index in [1.165, 1.54) is 6.42 Å². The summed E-state index contributed by atoms with van der Waals surface area (Å²) in [4.78, 5) is 27.2. The second-order valence-electron chi connectivity index (χ2n) is 7.74. The van der Waals surface area contributed by atoms with Gasteiger partial charge in [-0.25, -0.2) is 0 Å². The fourth-order valence-corrected chi connectivity index (χ4v) is 4.28. The molecule has 2 amide bonds. The van der Waals surface area contributed by atoms with Crippen LogP contribution in [0.3, 0.4) is 0 Å². The third-order valence-corrected chi connectivity index (χ3v) is 5.88. The van der Waals surface area contributed by atoms with Gasteiger partial charge in [0, 0.05) is 19.1 Å². The highest BCUT2D eigenvalue weighted by molar-refractivity contribution is 5.85. The number of carbonyl (C=O) groups is 2. The van der Waals surface area contributed by atoms with Crippen molar-refractivity contribution >= 4 is 24.2 Å². The van der Waals surface area contributed by atoms with Crippen molar-refractivity contribution in [2.24, 2.45) is 17.6 Å². The van der Waals surface area contributed by atoms with E-state index < -0.39 is 0 Å². The number of nitrogens with one attached hydrogen (secondary N) is 1. The number of benzene rings is 1. The molecule has 3 rings (SSSR count). The average Bonchev–Trinajstić information content (AvgIpc) is 2.69. The monoisotopic (exact) mass is 393 g/mol. The molecule has 1 aliphatic heterocycles. The molecule has 3 N–H and O–H groups in total. The summed E-state index contributed by atoms with van der Waals surface area (Å²) in [6.07, 6.45) is 6.66. The molecule has 1 aromatic rings. The molecule has 5 nitrogen and oxygen atoms in total. The highest BCUT2D eigenvalue weighted by Gasteiger charge is 2.31. The Bertz CT molecular complexity index is 611. The van der Waals surface area contributed by atoms with E-state index >= 15 is 0 Å². The molecular weight excluding hydrogens is 362 g/mol. The Hall–Kier alpha value is -1.59. The van der Waals surface area contributed by atoms with Gasteiger partial charge >= 0.3 is 0 Å². The molecule has 1 saturated heterocycles. The van der Waals surface area contributed by atoms with Crippen LogP contribution in [-0.4, -0.2) is 42.4 Å². The molecule has 0 spiro atoms. The summed E-state index contributed by atoms with van der Waals surface area (Å²) < 4.78 is 0. The second-order valence-corrected chi connectivity index (χ2v) is 7.74. The van der Waals surface area contributed by atoms with Gasteiger partial charge in [0.1, 0.15) is 0 Å². The van der Waals surface area contributed by atoms with Gasteiger partial charge in [0.05, 0.1) is 12.3 Å². The Balaban J connectivity index is 0.00000261. The summed E-state index contributed by atoms with van der Waals surface area (Å²) in [5.74, 6) is 0.523. The fourth-order valence-electron chi connectivity index (χ4n) is 4.28. The molecule has 150 valence electrons. The predicted octanol–water partition coefficient (Wildman–Crippen LogP) is 2.52. The zero-order chi connectivity index (χ0) is 18.4. The molecule has 0 aromatic heterocycles. The number of amides is 2. The zero-order valence-electron chi connectivity index (χ0n) is 15.9. The van der Waals surface area contributed by atoms with E-state index in [0.717, 1.165) is 44.2 Å². The van der Waals surface area contributed by atoms with Gasteiger partial charge in [-0.2, -0.15) is 0 Å². The van der Waals surface area contributed by atoms with E-state index in [-0.39, 0.29) is 36.2 Å². The van der Waals surface area contributed by atoms with Gasteiger partial charge in [-0.05, 0) is 43.7 Å². The molecule has 1 aromatic carbocycles. The molecule has 1 aliphatic carbocycles. The van der Waals surface area contributed by atoms with E-state index in [1.807, 2.05) is 35.2 Å². The largest absolute Gasteiger partial charge is 0.353 e. The van der Waals surface area contributed by atoms with Crippen molar-refractivity contribution in [3.05, 3.63) is 35.9 Å². The fraction of sp³-hybridized carbons (Fsp3) is 0.619. The predicted molar refractivity (Wildman–Crippen MR) is 110 cm³/mol. The molecule has 1 saturated carbocycles. The average molecular weight is 394 g/mol. The number of hydrogen-bond acceptors (Lipinski definition) is 3. The number of halogens is 1. The van der Waals surface area contributed by atoms with Crippen molar-refractivity contribution in [1.29, 1.82) is 0 Å². The maximum absolute atomic E-state index is 12.8. The van der Waals surface area contributed by atoms with Gasteiger partial charge in [0.25, 0.3) is 0 Å². The van der Waals surface area contributed by atoms with Crippen LogP contribution in [0.5, 0.6) is 0 Å². The lowest BCUT2D eigenvalue weighted by Gasteiger charge is -2.35. The van der Waals surface area contributed by atoms with E-state index in [0.29, 0.717) is 25.4 Å².